The summed E-state index contributed by atoms with van der Waals surface area (Å²) in [6.07, 6.45) is 3.76. The summed E-state index contributed by atoms with van der Waals surface area (Å²) in [6, 6.07) is 14.3. The third-order valence-electron chi connectivity index (χ3n) is 5.44. The number of nitrogens with zero attached hydrogens (tertiary/aromatic N) is 3. The third kappa shape index (κ3) is 4.51. The van der Waals surface area contributed by atoms with Crippen LogP contribution in [0.2, 0.25) is 0 Å². The highest BCUT2D eigenvalue weighted by Gasteiger charge is 2.23. The van der Waals surface area contributed by atoms with Crippen molar-refractivity contribution in [3.8, 4) is 21.8 Å². The topological polar surface area (TPSA) is 62.7 Å². The monoisotopic (exact) mass is 449 g/mol. The summed E-state index contributed by atoms with van der Waals surface area (Å²) in [5, 5.41) is 7.58. The van der Waals surface area contributed by atoms with Crippen LogP contribution in [0.3, 0.4) is 0 Å². The SMILES string of the molecule is Fc1ccc(Nc2nccc(-c3sc(C4CCNCC4)nc3-c3ccc(F)cc3)n2)cc1. The first-order chi connectivity index (χ1) is 15.7. The van der Waals surface area contributed by atoms with E-state index >= 15 is 0 Å². The Labute approximate surface area is 188 Å². The molecule has 162 valence electrons. The molecule has 0 unspecified atom stereocenters. The summed E-state index contributed by atoms with van der Waals surface area (Å²) in [7, 11) is 0. The van der Waals surface area contributed by atoms with Crippen molar-refractivity contribution < 1.29 is 8.78 Å². The van der Waals surface area contributed by atoms with Crippen LogP contribution in [0.4, 0.5) is 20.4 Å². The standard InChI is InChI=1S/C24H21F2N5S/c25-17-3-1-15(2-4-17)21-22(32-23(31-21)16-9-12-27-13-10-16)20-11-14-28-24(30-20)29-19-7-5-18(26)6-8-19/h1-8,11,14,16,27H,9-10,12-13H2,(H,28,29,30). The summed E-state index contributed by atoms with van der Waals surface area (Å²) in [6.45, 7) is 1.95. The lowest BCUT2D eigenvalue weighted by Crippen LogP contribution is -2.26. The second-order valence-electron chi connectivity index (χ2n) is 7.66. The summed E-state index contributed by atoms with van der Waals surface area (Å²) >= 11 is 1.63. The van der Waals surface area contributed by atoms with Gasteiger partial charge in [0, 0.05) is 23.4 Å². The van der Waals surface area contributed by atoms with Gasteiger partial charge in [0.05, 0.1) is 21.3 Å². The molecule has 1 aliphatic heterocycles. The van der Waals surface area contributed by atoms with Gasteiger partial charge in [-0.3, -0.25) is 0 Å². The lowest BCUT2D eigenvalue weighted by molar-refractivity contribution is 0.459. The van der Waals surface area contributed by atoms with E-state index in [1.807, 2.05) is 6.07 Å². The molecule has 2 aromatic heterocycles. The molecular formula is C24H21F2N5S. The van der Waals surface area contributed by atoms with E-state index in [4.69, 9.17) is 9.97 Å². The molecule has 5 rings (SSSR count). The molecule has 0 amide bonds. The van der Waals surface area contributed by atoms with E-state index in [1.165, 1.54) is 24.3 Å². The number of anilines is 2. The quantitative estimate of drug-likeness (QED) is 0.406. The van der Waals surface area contributed by atoms with Crippen LogP contribution < -0.4 is 10.6 Å². The number of halogens is 2. The molecule has 5 nitrogen and oxygen atoms in total. The fourth-order valence-corrected chi connectivity index (χ4v) is 4.99. The Morgan fingerprint density at radius 1 is 0.875 bits per heavy atom. The average Bonchev–Trinajstić information content (AvgIpc) is 3.27. The number of nitrogens with one attached hydrogen (secondary N) is 2. The van der Waals surface area contributed by atoms with Crippen molar-refractivity contribution in [1.29, 1.82) is 0 Å². The van der Waals surface area contributed by atoms with Crippen molar-refractivity contribution in [2.45, 2.75) is 18.8 Å². The lowest BCUT2D eigenvalue weighted by Gasteiger charge is -2.20. The van der Waals surface area contributed by atoms with Gasteiger partial charge in [-0.05, 0) is 80.5 Å². The van der Waals surface area contributed by atoms with Gasteiger partial charge < -0.3 is 10.6 Å². The minimum Gasteiger partial charge on any atom is -0.324 e. The number of rotatable bonds is 5. The summed E-state index contributed by atoms with van der Waals surface area (Å²) in [5.74, 6) is 0.227. The zero-order valence-corrected chi connectivity index (χ0v) is 18.0. The Bertz CT molecular complexity index is 1200. The van der Waals surface area contributed by atoms with Crippen LogP contribution >= 0.6 is 11.3 Å². The van der Waals surface area contributed by atoms with Crippen molar-refractivity contribution in [2.75, 3.05) is 18.4 Å². The van der Waals surface area contributed by atoms with Gasteiger partial charge in [0.25, 0.3) is 0 Å². The molecule has 8 heteroatoms. The van der Waals surface area contributed by atoms with Crippen molar-refractivity contribution in [2.24, 2.45) is 0 Å². The van der Waals surface area contributed by atoms with Crippen molar-refractivity contribution in [3.63, 3.8) is 0 Å². The average molecular weight is 450 g/mol. The first-order valence-electron chi connectivity index (χ1n) is 10.5. The van der Waals surface area contributed by atoms with E-state index in [0.29, 0.717) is 17.6 Å². The van der Waals surface area contributed by atoms with Gasteiger partial charge in [-0.15, -0.1) is 11.3 Å². The number of thiazole rings is 1. The molecular weight excluding hydrogens is 428 g/mol. The number of aromatic nitrogens is 3. The van der Waals surface area contributed by atoms with E-state index in [9.17, 15) is 8.78 Å². The van der Waals surface area contributed by atoms with E-state index in [-0.39, 0.29) is 11.6 Å². The van der Waals surface area contributed by atoms with Crippen LogP contribution in [0.25, 0.3) is 21.8 Å². The van der Waals surface area contributed by atoms with E-state index in [1.54, 1.807) is 41.8 Å². The molecule has 1 saturated heterocycles. The van der Waals surface area contributed by atoms with Gasteiger partial charge in [0.15, 0.2) is 0 Å². The molecule has 1 aliphatic rings. The number of benzene rings is 2. The predicted octanol–water partition coefficient (Wildman–Crippen LogP) is 5.76. The molecule has 1 fully saturated rings. The van der Waals surface area contributed by atoms with Crippen molar-refractivity contribution >= 4 is 23.0 Å². The highest BCUT2D eigenvalue weighted by atomic mass is 32.1. The Balaban J connectivity index is 1.53. The Morgan fingerprint density at radius 2 is 1.56 bits per heavy atom. The fraction of sp³-hybridized carbons (Fsp3) is 0.208. The normalized spacial score (nSPS) is 14.4. The Kier molecular flexibility index (Phi) is 5.87. The van der Waals surface area contributed by atoms with Gasteiger partial charge in [0.1, 0.15) is 11.6 Å². The number of hydrogen-bond donors (Lipinski definition) is 2. The van der Waals surface area contributed by atoms with E-state index < -0.39 is 0 Å². The summed E-state index contributed by atoms with van der Waals surface area (Å²) in [4.78, 5) is 14.9. The largest absolute Gasteiger partial charge is 0.324 e. The minimum atomic E-state index is -0.302. The molecule has 0 bridgehead atoms. The molecule has 0 spiro atoms. The lowest BCUT2D eigenvalue weighted by atomic mass is 9.99. The first kappa shape index (κ1) is 20.7. The van der Waals surface area contributed by atoms with Crippen LogP contribution in [0, 0.1) is 11.6 Å². The smallest absolute Gasteiger partial charge is 0.227 e. The minimum absolute atomic E-state index is 0.281. The highest BCUT2D eigenvalue weighted by molar-refractivity contribution is 7.15. The molecule has 2 aromatic carbocycles. The third-order valence-corrected chi connectivity index (χ3v) is 6.68. The highest BCUT2D eigenvalue weighted by Crippen LogP contribution is 2.40. The van der Waals surface area contributed by atoms with Crippen molar-refractivity contribution in [3.05, 3.63) is 77.4 Å². The van der Waals surface area contributed by atoms with Crippen LogP contribution in [-0.4, -0.2) is 28.0 Å². The maximum absolute atomic E-state index is 13.5. The number of piperidine rings is 1. The van der Waals surface area contributed by atoms with Crippen LogP contribution in [-0.2, 0) is 0 Å². The van der Waals surface area contributed by atoms with Gasteiger partial charge in [-0.1, -0.05) is 0 Å². The van der Waals surface area contributed by atoms with Gasteiger partial charge in [-0.2, -0.15) is 0 Å². The predicted molar refractivity (Wildman–Crippen MR) is 123 cm³/mol. The molecule has 0 saturated carbocycles. The summed E-state index contributed by atoms with van der Waals surface area (Å²) < 4.78 is 26.7. The molecule has 2 N–H and O–H groups in total. The van der Waals surface area contributed by atoms with E-state index in [0.717, 1.165) is 52.8 Å². The molecule has 0 atom stereocenters. The zero-order valence-electron chi connectivity index (χ0n) is 17.2. The van der Waals surface area contributed by atoms with Gasteiger partial charge in [0.2, 0.25) is 5.95 Å². The second-order valence-corrected chi connectivity index (χ2v) is 8.69. The Morgan fingerprint density at radius 3 is 2.28 bits per heavy atom. The summed E-state index contributed by atoms with van der Waals surface area (Å²) in [5.41, 5.74) is 3.09. The molecule has 3 heterocycles. The number of hydrogen-bond acceptors (Lipinski definition) is 6. The van der Waals surface area contributed by atoms with Crippen LogP contribution in [0.15, 0.2) is 60.8 Å². The van der Waals surface area contributed by atoms with Gasteiger partial charge in [-0.25, -0.2) is 23.7 Å². The van der Waals surface area contributed by atoms with Crippen LogP contribution in [0.5, 0.6) is 0 Å². The first-order valence-corrected chi connectivity index (χ1v) is 11.3. The fourth-order valence-electron chi connectivity index (χ4n) is 3.76. The Hall–Kier alpha value is -3.23. The molecule has 4 aromatic rings. The zero-order chi connectivity index (χ0) is 21.9. The van der Waals surface area contributed by atoms with Gasteiger partial charge >= 0.3 is 0 Å². The molecule has 32 heavy (non-hydrogen) atoms. The second kappa shape index (κ2) is 9.10. The maximum atomic E-state index is 13.5. The molecule has 0 aliphatic carbocycles. The van der Waals surface area contributed by atoms with Crippen LogP contribution in [0.1, 0.15) is 23.8 Å². The van der Waals surface area contributed by atoms with Crippen molar-refractivity contribution in [1.82, 2.24) is 20.3 Å². The maximum Gasteiger partial charge on any atom is 0.227 e. The van der Waals surface area contributed by atoms with E-state index in [2.05, 4.69) is 15.6 Å². The molecule has 0 radical (unpaired) electrons.